The SMILES string of the molecule is CCN1CCN([C]=O)C1. The highest BCUT2D eigenvalue weighted by Crippen LogP contribution is 1.99. The quantitative estimate of drug-likeness (QED) is 0.506. The van der Waals surface area contributed by atoms with Gasteiger partial charge in [0.25, 0.3) is 0 Å². The van der Waals surface area contributed by atoms with Gasteiger partial charge in [-0.15, -0.1) is 0 Å². The predicted octanol–water partition coefficient (Wildman–Crippen LogP) is -0.351. The molecule has 0 atom stereocenters. The zero-order valence-corrected chi connectivity index (χ0v) is 5.63. The van der Waals surface area contributed by atoms with Crippen molar-refractivity contribution in [3.05, 3.63) is 0 Å². The van der Waals surface area contributed by atoms with Gasteiger partial charge in [0.2, 0.25) is 0 Å². The van der Waals surface area contributed by atoms with Crippen molar-refractivity contribution in [2.45, 2.75) is 6.92 Å². The van der Waals surface area contributed by atoms with Crippen LogP contribution in [0.1, 0.15) is 6.92 Å². The molecule has 0 spiro atoms. The summed E-state index contributed by atoms with van der Waals surface area (Å²) in [6, 6.07) is 0. The van der Waals surface area contributed by atoms with Crippen LogP contribution in [0, 0.1) is 0 Å². The molecule has 0 aromatic rings. The maximum Gasteiger partial charge on any atom is 0.313 e. The summed E-state index contributed by atoms with van der Waals surface area (Å²) in [6.07, 6.45) is 1.87. The van der Waals surface area contributed by atoms with Gasteiger partial charge in [-0.2, -0.15) is 0 Å². The van der Waals surface area contributed by atoms with E-state index in [-0.39, 0.29) is 0 Å². The van der Waals surface area contributed by atoms with Crippen molar-refractivity contribution in [1.82, 2.24) is 9.80 Å². The van der Waals surface area contributed by atoms with E-state index < -0.39 is 0 Å². The first-order valence-electron chi connectivity index (χ1n) is 3.22. The molecule has 1 fully saturated rings. The van der Waals surface area contributed by atoms with Crippen LogP contribution in [0.5, 0.6) is 0 Å². The normalized spacial score (nSPS) is 20.8. The Labute approximate surface area is 55.2 Å². The summed E-state index contributed by atoms with van der Waals surface area (Å²) in [6.45, 7) is 5.73. The molecule has 0 aromatic carbocycles. The first kappa shape index (κ1) is 6.55. The van der Waals surface area contributed by atoms with E-state index in [4.69, 9.17) is 0 Å². The van der Waals surface area contributed by atoms with E-state index in [0.717, 1.165) is 26.3 Å². The molecule has 0 bridgehead atoms. The number of carbonyl (C=O) groups excluding carboxylic acids is 1. The molecular weight excluding hydrogens is 116 g/mol. The number of likely N-dealkylation sites (N-methyl/N-ethyl adjacent to an activating group) is 1. The van der Waals surface area contributed by atoms with Crippen molar-refractivity contribution >= 4 is 6.41 Å². The van der Waals surface area contributed by atoms with Gasteiger partial charge in [0.15, 0.2) is 0 Å². The molecular formula is C6H11N2O. The molecule has 0 unspecified atom stereocenters. The molecule has 1 radical (unpaired) electrons. The molecule has 0 N–H and O–H groups in total. The van der Waals surface area contributed by atoms with Gasteiger partial charge in [-0.05, 0) is 6.54 Å². The molecule has 9 heavy (non-hydrogen) atoms. The number of hydrogen-bond donors (Lipinski definition) is 0. The average molecular weight is 127 g/mol. The standard InChI is InChI=1S/C6H11N2O/c1-2-7-3-4-8(5-7)6-9/h2-5H2,1H3. The van der Waals surface area contributed by atoms with Crippen LogP contribution in [0.15, 0.2) is 0 Å². The third-order valence-corrected chi connectivity index (χ3v) is 1.63. The second-order valence-corrected chi connectivity index (χ2v) is 2.21. The number of hydrogen-bond acceptors (Lipinski definition) is 2. The van der Waals surface area contributed by atoms with E-state index in [1.165, 1.54) is 0 Å². The molecule has 1 aliphatic rings. The van der Waals surface area contributed by atoms with Gasteiger partial charge in [0, 0.05) is 13.1 Å². The molecule has 1 rings (SSSR count). The van der Waals surface area contributed by atoms with Crippen molar-refractivity contribution < 1.29 is 4.79 Å². The van der Waals surface area contributed by atoms with Crippen LogP contribution >= 0.6 is 0 Å². The summed E-state index contributed by atoms with van der Waals surface area (Å²) in [7, 11) is 0. The van der Waals surface area contributed by atoms with Crippen LogP contribution in [0.25, 0.3) is 0 Å². The second kappa shape index (κ2) is 2.82. The number of rotatable bonds is 2. The van der Waals surface area contributed by atoms with Gasteiger partial charge < -0.3 is 4.90 Å². The van der Waals surface area contributed by atoms with E-state index in [1.54, 1.807) is 4.90 Å². The highest BCUT2D eigenvalue weighted by molar-refractivity contribution is 5.48. The minimum atomic E-state index is 0.764. The Morgan fingerprint density at radius 1 is 1.56 bits per heavy atom. The fourth-order valence-electron chi connectivity index (χ4n) is 0.978. The number of amides is 1. The fraction of sp³-hybridized carbons (Fsp3) is 0.833. The largest absolute Gasteiger partial charge is 0.320 e. The van der Waals surface area contributed by atoms with Crippen LogP contribution in [0.2, 0.25) is 0 Å². The maximum atomic E-state index is 10.0. The molecule has 3 heteroatoms. The van der Waals surface area contributed by atoms with Gasteiger partial charge >= 0.3 is 6.41 Å². The van der Waals surface area contributed by atoms with Gasteiger partial charge in [-0.1, -0.05) is 6.92 Å². The third-order valence-electron chi connectivity index (χ3n) is 1.63. The lowest BCUT2D eigenvalue weighted by atomic mass is 10.6. The van der Waals surface area contributed by atoms with Crippen molar-refractivity contribution in [1.29, 1.82) is 0 Å². The van der Waals surface area contributed by atoms with Crippen molar-refractivity contribution in [2.24, 2.45) is 0 Å². The fourth-order valence-corrected chi connectivity index (χ4v) is 0.978. The smallest absolute Gasteiger partial charge is 0.313 e. The van der Waals surface area contributed by atoms with Crippen molar-refractivity contribution in [3.63, 3.8) is 0 Å². The lowest BCUT2D eigenvalue weighted by Gasteiger charge is -2.10. The van der Waals surface area contributed by atoms with Crippen LogP contribution in [0.4, 0.5) is 0 Å². The highest BCUT2D eigenvalue weighted by Gasteiger charge is 2.16. The van der Waals surface area contributed by atoms with Gasteiger partial charge in [-0.3, -0.25) is 9.69 Å². The molecule has 51 valence electrons. The summed E-state index contributed by atoms with van der Waals surface area (Å²) in [5, 5.41) is 0. The zero-order chi connectivity index (χ0) is 6.69. The predicted molar refractivity (Wildman–Crippen MR) is 34.5 cm³/mol. The van der Waals surface area contributed by atoms with Crippen LogP contribution in [-0.4, -0.2) is 42.5 Å². The van der Waals surface area contributed by atoms with E-state index in [2.05, 4.69) is 11.8 Å². The maximum absolute atomic E-state index is 10.0. The van der Waals surface area contributed by atoms with Gasteiger partial charge in [0.1, 0.15) is 0 Å². The average Bonchev–Trinajstić information content (AvgIpc) is 2.34. The van der Waals surface area contributed by atoms with Crippen LogP contribution in [-0.2, 0) is 4.79 Å². The summed E-state index contributed by atoms with van der Waals surface area (Å²) >= 11 is 0. The summed E-state index contributed by atoms with van der Waals surface area (Å²) in [5.74, 6) is 0. The Balaban J connectivity index is 2.28. The molecule has 3 nitrogen and oxygen atoms in total. The van der Waals surface area contributed by atoms with Gasteiger partial charge in [-0.25, -0.2) is 0 Å². The minimum absolute atomic E-state index is 0.764. The van der Waals surface area contributed by atoms with Crippen molar-refractivity contribution in [3.8, 4) is 0 Å². The molecule has 1 saturated heterocycles. The molecule has 0 aromatic heterocycles. The molecule has 1 aliphatic heterocycles. The topological polar surface area (TPSA) is 23.6 Å². The van der Waals surface area contributed by atoms with Crippen LogP contribution < -0.4 is 0 Å². The van der Waals surface area contributed by atoms with E-state index in [1.807, 2.05) is 6.41 Å². The monoisotopic (exact) mass is 127 g/mol. The van der Waals surface area contributed by atoms with Crippen molar-refractivity contribution in [2.75, 3.05) is 26.3 Å². The number of nitrogens with zero attached hydrogens (tertiary/aromatic N) is 2. The summed E-state index contributed by atoms with van der Waals surface area (Å²) < 4.78 is 0. The third kappa shape index (κ3) is 1.42. The van der Waals surface area contributed by atoms with E-state index in [9.17, 15) is 4.79 Å². The Bertz CT molecular complexity index is 105. The summed E-state index contributed by atoms with van der Waals surface area (Å²) in [4.78, 5) is 13.9. The lowest BCUT2D eigenvalue weighted by Crippen LogP contribution is -2.23. The highest BCUT2D eigenvalue weighted by atomic mass is 16.1. The first-order chi connectivity index (χ1) is 4.36. The van der Waals surface area contributed by atoms with E-state index >= 15 is 0 Å². The molecule has 0 saturated carbocycles. The molecule has 1 heterocycles. The summed E-state index contributed by atoms with van der Waals surface area (Å²) in [5.41, 5.74) is 0. The molecule has 1 amide bonds. The van der Waals surface area contributed by atoms with Crippen LogP contribution in [0.3, 0.4) is 0 Å². The first-order valence-corrected chi connectivity index (χ1v) is 3.22. The Morgan fingerprint density at radius 2 is 2.33 bits per heavy atom. The Hall–Kier alpha value is -0.570. The zero-order valence-electron chi connectivity index (χ0n) is 5.63. The van der Waals surface area contributed by atoms with E-state index in [0.29, 0.717) is 0 Å². The Morgan fingerprint density at radius 3 is 2.67 bits per heavy atom. The minimum Gasteiger partial charge on any atom is -0.320 e. The molecule has 0 aliphatic carbocycles. The lowest BCUT2D eigenvalue weighted by molar-refractivity contribution is 0.308. The van der Waals surface area contributed by atoms with Gasteiger partial charge in [0.05, 0.1) is 6.67 Å². The Kier molecular flexibility index (Phi) is 2.05. The second-order valence-electron chi connectivity index (χ2n) is 2.21.